The molecule has 2 aromatic heterocycles. The van der Waals surface area contributed by atoms with Crippen LogP contribution >= 0.6 is 0 Å². The lowest BCUT2D eigenvalue weighted by Crippen LogP contribution is -2.43. The molecule has 4 rings (SSSR count). The van der Waals surface area contributed by atoms with Crippen molar-refractivity contribution < 1.29 is 23.5 Å². The number of rotatable bonds is 9. The number of aryl methyl sites for hydroxylation is 2. The zero-order chi connectivity index (χ0) is 30.4. The van der Waals surface area contributed by atoms with Crippen LogP contribution in [0, 0.1) is 12.7 Å². The minimum atomic E-state index is -0.687. The van der Waals surface area contributed by atoms with Gasteiger partial charge in [0.1, 0.15) is 5.75 Å². The van der Waals surface area contributed by atoms with E-state index in [4.69, 9.17) is 4.74 Å². The molecule has 0 atom stereocenters. The first-order valence-corrected chi connectivity index (χ1v) is 13.1. The second-order valence-electron chi connectivity index (χ2n) is 9.89. The molecular weight excluding hydrogens is 539 g/mol. The summed E-state index contributed by atoms with van der Waals surface area (Å²) in [5.41, 5.74) is 3.16. The van der Waals surface area contributed by atoms with Gasteiger partial charge in [-0.05, 0) is 58.0 Å². The van der Waals surface area contributed by atoms with E-state index in [9.17, 15) is 18.8 Å². The molecule has 0 aliphatic carbocycles. The third-order valence-corrected chi connectivity index (χ3v) is 6.24. The van der Waals surface area contributed by atoms with E-state index in [1.165, 1.54) is 30.2 Å². The molecule has 0 radical (unpaired) electrons. The summed E-state index contributed by atoms with van der Waals surface area (Å²) >= 11 is 0. The van der Waals surface area contributed by atoms with Crippen LogP contribution in [-0.4, -0.2) is 44.1 Å². The number of hydrogen-bond donors (Lipinski definition) is 1. The average molecular weight is 571 g/mol. The Morgan fingerprint density at radius 3 is 2.45 bits per heavy atom. The number of anilines is 2. The van der Waals surface area contributed by atoms with Gasteiger partial charge >= 0.3 is 6.03 Å². The highest BCUT2D eigenvalue weighted by atomic mass is 19.1. The standard InChI is InChI=1S/C31H31FN6O4/c1-20(2)37(31(41)38(19-39)25-9-6-21(3)7-10-25)17-22(4)30(40)35-24-8-11-29(27(32)14-24)42-26-12-13-33-28(15-26)23-16-34-36(5)18-23/h6-20H,1-5H3,(H,35,40)/b22-17+. The molecule has 2 aromatic carbocycles. The number of amides is 4. The summed E-state index contributed by atoms with van der Waals surface area (Å²) in [5, 5.41) is 6.76. The number of aromatic nitrogens is 3. The summed E-state index contributed by atoms with van der Waals surface area (Å²) in [6.07, 6.45) is 6.83. The molecule has 0 bridgehead atoms. The average Bonchev–Trinajstić information content (AvgIpc) is 3.40. The number of hydrogen-bond acceptors (Lipinski definition) is 6. The Labute approximate surface area is 243 Å². The zero-order valence-corrected chi connectivity index (χ0v) is 23.9. The molecule has 0 unspecified atom stereocenters. The molecular formula is C31H31FN6O4. The SMILES string of the molecule is C/C(=C\N(C(=O)N(C=O)c1ccc(C)cc1)C(C)C)C(=O)Nc1ccc(Oc2ccnc(-c3cnn(C)c3)c2)c(F)c1. The molecule has 42 heavy (non-hydrogen) atoms. The highest BCUT2D eigenvalue weighted by Gasteiger charge is 2.24. The Kier molecular flexibility index (Phi) is 9.11. The van der Waals surface area contributed by atoms with Gasteiger partial charge < -0.3 is 10.1 Å². The Morgan fingerprint density at radius 2 is 1.83 bits per heavy atom. The Bertz CT molecular complexity index is 1630. The third-order valence-electron chi connectivity index (χ3n) is 6.24. The van der Waals surface area contributed by atoms with Crippen LogP contribution in [0.1, 0.15) is 26.3 Å². The molecule has 0 spiro atoms. The number of carbonyl (C=O) groups excluding carboxylic acids is 3. The van der Waals surface area contributed by atoms with Crippen molar-refractivity contribution in [3.63, 3.8) is 0 Å². The fourth-order valence-corrected chi connectivity index (χ4v) is 3.94. The van der Waals surface area contributed by atoms with Gasteiger partial charge in [0.15, 0.2) is 11.6 Å². The largest absolute Gasteiger partial charge is 0.454 e. The van der Waals surface area contributed by atoms with E-state index in [1.54, 1.807) is 80.6 Å². The summed E-state index contributed by atoms with van der Waals surface area (Å²) in [6, 6.07) is 13.3. The van der Waals surface area contributed by atoms with E-state index in [1.807, 2.05) is 6.92 Å². The highest BCUT2D eigenvalue weighted by molar-refractivity contribution is 6.07. The molecule has 4 aromatic rings. The Balaban J connectivity index is 1.46. The van der Waals surface area contributed by atoms with Crippen LogP contribution < -0.4 is 15.0 Å². The maximum atomic E-state index is 14.9. The number of nitrogens with one attached hydrogen (secondary N) is 1. The Hall–Kier alpha value is -5.32. The monoisotopic (exact) mass is 570 g/mol. The first-order chi connectivity index (χ1) is 20.0. The van der Waals surface area contributed by atoms with E-state index < -0.39 is 17.8 Å². The third kappa shape index (κ3) is 7.05. The lowest BCUT2D eigenvalue weighted by molar-refractivity contribution is -0.112. The minimum Gasteiger partial charge on any atom is -0.454 e. The van der Waals surface area contributed by atoms with Crippen LogP contribution in [0.5, 0.6) is 11.5 Å². The fraction of sp³-hybridized carbons (Fsp3) is 0.194. The van der Waals surface area contributed by atoms with Crippen molar-refractivity contribution in [2.45, 2.75) is 33.7 Å². The number of benzene rings is 2. The van der Waals surface area contributed by atoms with E-state index in [-0.39, 0.29) is 23.1 Å². The van der Waals surface area contributed by atoms with Gasteiger partial charge in [0.05, 0.1) is 17.6 Å². The van der Waals surface area contributed by atoms with Gasteiger partial charge in [-0.15, -0.1) is 0 Å². The smallest absolute Gasteiger partial charge is 0.335 e. The highest BCUT2D eigenvalue weighted by Crippen LogP contribution is 2.29. The van der Waals surface area contributed by atoms with E-state index >= 15 is 0 Å². The van der Waals surface area contributed by atoms with Crippen LogP contribution in [0.3, 0.4) is 0 Å². The molecule has 11 heteroatoms. The van der Waals surface area contributed by atoms with Crippen LogP contribution in [0.25, 0.3) is 11.3 Å². The zero-order valence-electron chi connectivity index (χ0n) is 23.9. The number of carbonyl (C=O) groups is 3. The summed E-state index contributed by atoms with van der Waals surface area (Å²) in [4.78, 5) is 44.5. The number of imide groups is 1. The van der Waals surface area contributed by atoms with Crippen molar-refractivity contribution in [2.24, 2.45) is 7.05 Å². The molecule has 0 saturated heterocycles. The van der Waals surface area contributed by atoms with Gasteiger partial charge in [-0.1, -0.05) is 17.7 Å². The normalized spacial score (nSPS) is 11.3. The molecule has 4 amide bonds. The molecule has 2 heterocycles. The predicted molar refractivity (Wildman–Crippen MR) is 157 cm³/mol. The molecule has 0 aliphatic heterocycles. The van der Waals surface area contributed by atoms with Crippen molar-refractivity contribution in [3.8, 4) is 22.8 Å². The van der Waals surface area contributed by atoms with E-state index in [0.717, 1.165) is 22.1 Å². The molecule has 0 aliphatic rings. The number of urea groups is 1. The summed E-state index contributed by atoms with van der Waals surface area (Å²) < 4.78 is 22.3. The molecule has 10 nitrogen and oxygen atoms in total. The first kappa shape index (κ1) is 29.7. The summed E-state index contributed by atoms with van der Waals surface area (Å²) in [6.45, 7) is 6.93. The maximum Gasteiger partial charge on any atom is 0.335 e. The van der Waals surface area contributed by atoms with E-state index in [0.29, 0.717) is 23.5 Å². The predicted octanol–water partition coefficient (Wildman–Crippen LogP) is 6.06. The second-order valence-corrected chi connectivity index (χ2v) is 9.89. The second kappa shape index (κ2) is 12.9. The number of pyridine rings is 1. The van der Waals surface area contributed by atoms with Crippen molar-refractivity contribution >= 4 is 29.7 Å². The molecule has 0 fully saturated rings. The number of ether oxygens (including phenoxy) is 1. The van der Waals surface area contributed by atoms with Gasteiger partial charge in [0.2, 0.25) is 6.41 Å². The summed E-state index contributed by atoms with van der Waals surface area (Å²) in [5.74, 6) is -0.894. The van der Waals surface area contributed by atoms with Crippen LogP contribution in [0.15, 0.2) is 85.0 Å². The molecule has 216 valence electrons. The summed E-state index contributed by atoms with van der Waals surface area (Å²) in [7, 11) is 1.80. The Morgan fingerprint density at radius 1 is 1.10 bits per heavy atom. The number of halogens is 1. The molecule has 1 N–H and O–H groups in total. The van der Waals surface area contributed by atoms with Crippen molar-refractivity contribution in [2.75, 3.05) is 10.2 Å². The number of nitrogens with zero attached hydrogens (tertiary/aromatic N) is 5. The topological polar surface area (TPSA) is 110 Å². The lowest BCUT2D eigenvalue weighted by Gasteiger charge is -2.28. The van der Waals surface area contributed by atoms with Gasteiger partial charge in [0, 0.05) is 60.6 Å². The van der Waals surface area contributed by atoms with Crippen LogP contribution in [0.4, 0.5) is 20.6 Å². The van der Waals surface area contributed by atoms with Gasteiger partial charge in [0.25, 0.3) is 5.91 Å². The van der Waals surface area contributed by atoms with Crippen LogP contribution in [-0.2, 0) is 16.6 Å². The van der Waals surface area contributed by atoms with Gasteiger partial charge in [-0.3, -0.25) is 24.2 Å². The fourth-order valence-electron chi connectivity index (χ4n) is 3.94. The minimum absolute atomic E-state index is 0.0368. The van der Waals surface area contributed by atoms with Crippen molar-refractivity contribution in [1.29, 1.82) is 0 Å². The quantitative estimate of drug-likeness (QED) is 0.194. The van der Waals surface area contributed by atoms with Crippen LogP contribution in [0.2, 0.25) is 0 Å². The molecule has 0 saturated carbocycles. The maximum absolute atomic E-state index is 14.9. The van der Waals surface area contributed by atoms with Gasteiger partial charge in [-0.2, -0.15) is 5.10 Å². The first-order valence-electron chi connectivity index (χ1n) is 13.1. The van der Waals surface area contributed by atoms with Crippen molar-refractivity contribution in [1.82, 2.24) is 19.7 Å². The van der Waals surface area contributed by atoms with Crippen molar-refractivity contribution in [3.05, 3.63) is 96.3 Å². The van der Waals surface area contributed by atoms with E-state index in [2.05, 4.69) is 15.4 Å². The van der Waals surface area contributed by atoms with Gasteiger partial charge in [-0.25, -0.2) is 14.1 Å². The lowest BCUT2D eigenvalue weighted by atomic mass is 10.2.